The number of nitrogens with zero attached hydrogens (tertiary/aromatic N) is 4. The molecular formula is C12H6Cl2F3N5. The molecule has 2 N–H and O–H groups in total. The third-order valence-electron chi connectivity index (χ3n) is 2.91. The summed E-state index contributed by atoms with van der Waals surface area (Å²) in [5.74, 6) is 0. The Kier molecular flexibility index (Phi) is 3.96. The van der Waals surface area contributed by atoms with Gasteiger partial charge in [0.1, 0.15) is 23.5 Å². The van der Waals surface area contributed by atoms with E-state index < -0.39 is 17.4 Å². The molecule has 1 atom stereocenters. The van der Waals surface area contributed by atoms with Gasteiger partial charge in [-0.3, -0.25) is 5.73 Å². The van der Waals surface area contributed by atoms with E-state index in [0.29, 0.717) is 12.1 Å². The second kappa shape index (κ2) is 5.33. The molecule has 22 heavy (non-hydrogen) atoms. The number of benzene rings is 1. The molecule has 5 nitrogen and oxygen atoms in total. The number of alkyl halides is 3. The lowest BCUT2D eigenvalue weighted by Gasteiger charge is -2.28. The van der Waals surface area contributed by atoms with Gasteiger partial charge in [-0.15, -0.1) is 0 Å². The van der Waals surface area contributed by atoms with Crippen LogP contribution in [0.2, 0.25) is 10.0 Å². The number of hydrogen-bond donors (Lipinski definition) is 1. The van der Waals surface area contributed by atoms with E-state index in [1.165, 1.54) is 0 Å². The SMILES string of the molecule is N#CC1=NN(c2c(Cl)cc(C(F)(F)F)cc2Cl)C(N)(C#N)C1. The Labute approximate surface area is 132 Å². The van der Waals surface area contributed by atoms with E-state index in [9.17, 15) is 18.4 Å². The van der Waals surface area contributed by atoms with Crippen LogP contribution in [0.15, 0.2) is 17.2 Å². The number of halogens is 5. The highest BCUT2D eigenvalue weighted by Crippen LogP contribution is 2.43. The van der Waals surface area contributed by atoms with Crippen molar-refractivity contribution in [2.45, 2.75) is 18.3 Å². The summed E-state index contributed by atoms with van der Waals surface area (Å²) in [6.45, 7) is 0. The maximum Gasteiger partial charge on any atom is 0.416 e. The fourth-order valence-corrected chi connectivity index (χ4v) is 2.55. The lowest BCUT2D eigenvalue weighted by atomic mass is 10.1. The summed E-state index contributed by atoms with van der Waals surface area (Å²) >= 11 is 11.7. The van der Waals surface area contributed by atoms with Crippen LogP contribution in [-0.2, 0) is 6.18 Å². The number of nitriles is 2. The van der Waals surface area contributed by atoms with Gasteiger partial charge in [-0.2, -0.15) is 28.8 Å². The van der Waals surface area contributed by atoms with Crippen LogP contribution in [0.5, 0.6) is 0 Å². The van der Waals surface area contributed by atoms with Crippen molar-refractivity contribution in [1.29, 1.82) is 10.5 Å². The van der Waals surface area contributed by atoms with Gasteiger partial charge in [0.05, 0.1) is 22.0 Å². The van der Waals surface area contributed by atoms with Crippen molar-refractivity contribution < 1.29 is 13.2 Å². The Hall–Kier alpha value is -2.00. The first kappa shape index (κ1) is 16.4. The van der Waals surface area contributed by atoms with E-state index in [1.807, 2.05) is 0 Å². The number of hydrazone groups is 1. The summed E-state index contributed by atoms with van der Waals surface area (Å²) in [5.41, 5.74) is 2.80. The number of hydrogen-bond acceptors (Lipinski definition) is 5. The van der Waals surface area contributed by atoms with Gasteiger partial charge >= 0.3 is 6.18 Å². The molecule has 0 aromatic heterocycles. The van der Waals surface area contributed by atoms with Gasteiger partial charge in [-0.1, -0.05) is 23.2 Å². The minimum Gasteiger partial charge on any atom is -0.295 e. The van der Waals surface area contributed by atoms with Crippen LogP contribution < -0.4 is 10.7 Å². The predicted molar refractivity (Wildman–Crippen MR) is 74.1 cm³/mol. The highest BCUT2D eigenvalue weighted by atomic mass is 35.5. The van der Waals surface area contributed by atoms with Crippen LogP contribution in [-0.4, -0.2) is 11.4 Å². The van der Waals surface area contributed by atoms with Gasteiger partial charge in [0.2, 0.25) is 5.66 Å². The van der Waals surface area contributed by atoms with Crippen LogP contribution >= 0.6 is 23.2 Å². The lowest BCUT2D eigenvalue weighted by molar-refractivity contribution is -0.137. The average molecular weight is 348 g/mol. The highest BCUT2D eigenvalue weighted by Gasteiger charge is 2.43. The van der Waals surface area contributed by atoms with E-state index in [4.69, 9.17) is 34.2 Å². The van der Waals surface area contributed by atoms with Crippen molar-refractivity contribution in [2.75, 3.05) is 5.01 Å². The van der Waals surface area contributed by atoms with Gasteiger partial charge in [-0.05, 0) is 12.1 Å². The summed E-state index contributed by atoms with van der Waals surface area (Å²) in [6, 6.07) is 4.80. The molecule has 0 radical (unpaired) electrons. The lowest BCUT2D eigenvalue weighted by Crippen LogP contribution is -2.50. The highest BCUT2D eigenvalue weighted by molar-refractivity contribution is 6.39. The first-order valence-electron chi connectivity index (χ1n) is 5.66. The molecular weight excluding hydrogens is 342 g/mol. The van der Waals surface area contributed by atoms with E-state index in [2.05, 4.69) is 5.10 Å². The Morgan fingerprint density at radius 2 is 1.82 bits per heavy atom. The zero-order valence-corrected chi connectivity index (χ0v) is 12.1. The van der Waals surface area contributed by atoms with Crippen molar-refractivity contribution >= 4 is 34.6 Å². The van der Waals surface area contributed by atoms with E-state index in [1.54, 1.807) is 12.1 Å². The fraction of sp³-hybridized carbons (Fsp3) is 0.250. The third-order valence-corrected chi connectivity index (χ3v) is 3.49. The molecule has 0 saturated heterocycles. The predicted octanol–water partition coefficient (Wildman–Crippen LogP) is 3.28. The van der Waals surface area contributed by atoms with Gasteiger partial charge < -0.3 is 0 Å². The van der Waals surface area contributed by atoms with E-state index in [-0.39, 0.29) is 27.9 Å². The Bertz CT molecular complexity index is 724. The second-order valence-electron chi connectivity index (χ2n) is 4.47. The normalized spacial score (nSPS) is 21.3. The summed E-state index contributed by atoms with van der Waals surface area (Å²) in [4.78, 5) is 0. The summed E-state index contributed by atoms with van der Waals surface area (Å²) < 4.78 is 38.1. The monoisotopic (exact) mass is 347 g/mol. The van der Waals surface area contributed by atoms with Crippen molar-refractivity contribution in [3.8, 4) is 12.1 Å². The molecule has 1 aliphatic heterocycles. The molecule has 1 aromatic carbocycles. The fourth-order valence-electron chi connectivity index (χ4n) is 1.91. The molecule has 1 heterocycles. The molecule has 0 spiro atoms. The molecule has 0 aliphatic carbocycles. The first-order chi connectivity index (χ1) is 10.1. The van der Waals surface area contributed by atoms with Crippen LogP contribution in [0.4, 0.5) is 18.9 Å². The third kappa shape index (κ3) is 2.69. The molecule has 114 valence electrons. The molecule has 1 aliphatic rings. The number of nitrogens with two attached hydrogens (primary N) is 1. The quantitative estimate of drug-likeness (QED) is 0.843. The van der Waals surface area contributed by atoms with Gasteiger partial charge in [-0.25, -0.2) is 5.01 Å². The summed E-state index contributed by atoms with van der Waals surface area (Å²) in [7, 11) is 0. The number of rotatable bonds is 1. The minimum atomic E-state index is -4.63. The molecule has 0 saturated carbocycles. The van der Waals surface area contributed by atoms with Crippen LogP contribution in [0.25, 0.3) is 0 Å². The summed E-state index contributed by atoms with van der Waals surface area (Å²) in [5, 5.41) is 21.9. The Balaban J connectivity index is 2.61. The summed E-state index contributed by atoms with van der Waals surface area (Å²) in [6.07, 6.45) is -4.83. The van der Waals surface area contributed by atoms with Crippen molar-refractivity contribution in [1.82, 2.24) is 0 Å². The van der Waals surface area contributed by atoms with Crippen molar-refractivity contribution in [3.05, 3.63) is 27.7 Å². The molecule has 0 bridgehead atoms. The topological polar surface area (TPSA) is 89.2 Å². The molecule has 0 fully saturated rings. The van der Waals surface area contributed by atoms with Gasteiger partial charge in [0, 0.05) is 0 Å². The van der Waals surface area contributed by atoms with Gasteiger partial charge in [0.25, 0.3) is 0 Å². The van der Waals surface area contributed by atoms with E-state index in [0.717, 1.165) is 5.01 Å². The second-order valence-corrected chi connectivity index (χ2v) is 5.28. The largest absolute Gasteiger partial charge is 0.416 e. The van der Waals surface area contributed by atoms with Crippen molar-refractivity contribution in [3.63, 3.8) is 0 Å². The zero-order chi connectivity index (χ0) is 16.7. The average Bonchev–Trinajstić information content (AvgIpc) is 2.75. The minimum absolute atomic E-state index is 0.0592. The number of anilines is 1. The van der Waals surface area contributed by atoms with Crippen LogP contribution in [0, 0.1) is 22.7 Å². The van der Waals surface area contributed by atoms with Crippen molar-refractivity contribution in [2.24, 2.45) is 10.8 Å². The zero-order valence-electron chi connectivity index (χ0n) is 10.6. The Morgan fingerprint density at radius 3 is 2.23 bits per heavy atom. The molecule has 1 aromatic rings. The van der Waals surface area contributed by atoms with Crippen LogP contribution in [0.3, 0.4) is 0 Å². The smallest absolute Gasteiger partial charge is 0.295 e. The first-order valence-corrected chi connectivity index (χ1v) is 6.42. The molecule has 10 heteroatoms. The maximum absolute atomic E-state index is 12.7. The van der Waals surface area contributed by atoms with Gasteiger partial charge in [0.15, 0.2) is 0 Å². The molecule has 2 rings (SSSR count). The standard InChI is InChI=1S/C12H6Cl2F3N5/c13-8-1-6(12(15,16)17)2-9(14)10(8)22-11(20,5-19)3-7(4-18)21-22/h1-2H,3,20H2. The maximum atomic E-state index is 12.7. The molecule has 0 amide bonds. The molecule has 1 unspecified atom stereocenters. The Morgan fingerprint density at radius 1 is 1.27 bits per heavy atom. The van der Waals surface area contributed by atoms with E-state index >= 15 is 0 Å². The van der Waals surface area contributed by atoms with Crippen LogP contribution in [0.1, 0.15) is 12.0 Å².